The van der Waals surface area contributed by atoms with E-state index in [9.17, 15) is 78.5 Å². The van der Waals surface area contributed by atoms with Crippen molar-refractivity contribution in [3.05, 3.63) is 106 Å². The minimum atomic E-state index is -4.80. The van der Waals surface area contributed by atoms with Crippen molar-refractivity contribution in [1.82, 2.24) is 0 Å². The first-order chi connectivity index (χ1) is 35.8. The van der Waals surface area contributed by atoms with E-state index in [1.54, 1.807) is 32.9 Å². The molecule has 8 saturated heterocycles. The molecule has 2 N–H and O–H groups in total. The Labute approximate surface area is 428 Å². The number of imide groups is 3. The summed E-state index contributed by atoms with van der Waals surface area (Å²) in [6.45, 7) is 11.8. The van der Waals surface area contributed by atoms with Crippen LogP contribution in [0.25, 0.3) is 4.85 Å². The quantitative estimate of drug-likeness (QED) is 0.127. The van der Waals surface area contributed by atoms with Crippen molar-refractivity contribution in [2.75, 3.05) is 14.7 Å². The number of alkyl halides is 9. The number of anilines is 3. The topological polar surface area (TPSA) is 232 Å². The van der Waals surface area contributed by atoms with Gasteiger partial charge in [0.05, 0.1) is 141 Å². The number of aliphatic hydroxyl groups is 2. The van der Waals surface area contributed by atoms with Crippen molar-refractivity contribution in [3.63, 3.8) is 0 Å². The van der Waals surface area contributed by atoms with Crippen molar-refractivity contribution >= 4 is 58.2 Å². The van der Waals surface area contributed by atoms with Gasteiger partial charge in [0.25, 0.3) is 0 Å². The third kappa shape index (κ3) is 7.83. The molecule has 9 aliphatic heterocycles. The van der Waals surface area contributed by atoms with Crippen LogP contribution in [-0.2, 0) is 61.5 Å². The summed E-state index contributed by atoms with van der Waals surface area (Å²) in [5.74, 6) is -8.80. The molecule has 12 rings (SSSR count). The van der Waals surface area contributed by atoms with Crippen LogP contribution in [-0.4, -0.2) is 93.0 Å². The Morgan fingerprint density at radius 3 is 1.32 bits per heavy atom. The lowest BCUT2D eigenvalue weighted by Gasteiger charge is -2.27. The Balaban J connectivity index is 0.000000131. The average molecular weight is 1080 g/mol. The summed E-state index contributed by atoms with van der Waals surface area (Å²) in [6, 6.07) is 11.2. The number of carbonyl (C=O) groups is 6. The highest BCUT2D eigenvalue weighted by molar-refractivity contribution is 6.25. The molecule has 6 amide bonds. The third-order valence-electron chi connectivity index (χ3n) is 15.9. The van der Waals surface area contributed by atoms with E-state index in [1.165, 1.54) is 18.2 Å². The predicted octanol–water partition coefficient (Wildman–Crippen LogP) is 6.30. The van der Waals surface area contributed by atoms with Crippen LogP contribution in [0.3, 0.4) is 0 Å². The van der Waals surface area contributed by atoms with E-state index in [0.717, 1.165) is 45.0 Å². The molecule has 6 unspecified atom stereocenters. The second-order valence-electron chi connectivity index (χ2n) is 20.5. The molecule has 0 radical (unpaired) electrons. The maximum atomic E-state index is 13.2. The Morgan fingerprint density at radius 2 is 0.948 bits per heavy atom. The van der Waals surface area contributed by atoms with Crippen LogP contribution in [0.2, 0.25) is 0 Å². The Kier molecular flexibility index (Phi) is 11.8. The number of hydrogen-bond acceptors (Lipinski definition) is 13. The molecule has 8 fully saturated rings. The fraction of sp³-hybridized carbons (Fsp3) is 0.431. The average Bonchev–Trinajstić information content (AvgIpc) is 4.37. The van der Waals surface area contributed by atoms with Crippen molar-refractivity contribution in [2.45, 2.75) is 99.5 Å². The molecule has 77 heavy (non-hydrogen) atoms. The van der Waals surface area contributed by atoms with Crippen LogP contribution in [0.4, 0.5) is 62.3 Å². The Morgan fingerprint density at radius 1 is 0.571 bits per heavy atom. The Bertz CT molecular complexity index is 3180. The molecule has 9 aliphatic rings. The largest absolute Gasteiger partial charge is 0.417 e. The van der Waals surface area contributed by atoms with Crippen LogP contribution in [0.5, 0.6) is 0 Å². The van der Waals surface area contributed by atoms with Gasteiger partial charge in [-0.2, -0.15) is 50.0 Å². The summed E-state index contributed by atoms with van der Waals surface area (Å²) in [4.78, 5) is 81.7. The SMILES string of the molecule is CC12C=CC(O1)[C@H]1C(=O)N(c3ccc(C#N)c(C(F)(F)F)c3)C(=O)[C@H]12.CC12C[C@@H](O)C(O1)[C@H]1C(=O)N(c3ccc(C#N)c(C(F)(F)F)c3)C(=O)[C@H]12.[C-]#[N+]c1ccc(N2C(=O)[C@H]3C4OC(C)(C[C@@H]4O)[C@H]3C2=O)cc1C(F)(F)F. The minimum absolute atomic E-state index is 0.182. The van der Waals surface area contributed by atoms with Gasteiger partial charge in [0, 0.05) is 18.5 Å². The molecule has 3 aromatic carbocycles. The highest BCUT2D eigenvalue weighted by atomic mass is 19.4. The van der Waals surface area contributed by atoms with E-state index >= 15 is 0 Å². The lowest BCUT2D eigenvalue weighted by atomic mass is 9.73. The predicted molar refractivity (Wildman–Crippen MR) is 239 cm³/mol. The molecule has 0 aliphatic carbocycles. The number of rotatable bonds is 3. The molecule has 400 valence electrons. The maximum Gasteiger partial charge on any atom is 0.417 e. The van der Waals surface area contributed by atoms with E-state index in [1.807, 2.05) is 0 Å². The van der Waals surface area contributed by atoms with E-state index in [4.69, 9.17) is 31.3 Å². The highest BCUT2D eigenvalue weighted by Crippen LogP contribution is 2.58. The molecule has 14 atom stereocenters. The lowest BCUT2D eigenvalue weighted by molar-refractivity contribution is -0.138. The third-order valence-corrected chi connectivity index (χ3v) is 15.9. The summed E-state index contributed by atoms with van der Waals surface area (Å²) in [5.41, 5.74) is -8.94. The zero-order chi connectivity index (χ0) is 56.2. The number of amides is 6. The van der Waals surface area contributed by atoms with Crippen LogP contribution >= 0.6 is 0 Å². The molecular formula is C51H37F9N6O11. The standard InChI is InChI=1S/2C17H13F3N2O4.C17H11F3N2O3/c1-16-6-10(23)13(26-16)11-12(16)15(25)22(14(11)24)7-3-4-9(21-2)8(5-7)17(18,19)20;1-16-5-10(23)13(26-16)11-12(16)15(25)22(14(11)24)8-3-2-7(6-21)9(4-8)17(18,19)20;1-16-5-4-11(25-16)12-13(16)15(24)22(14(12)23)9-3-2-8(7-21)10(6-9)17(18,19)20/h3-5,10-13,23H,6H2,1H3;2-4,10-13,23H,5H2,1H3;2-6,11-13H,1H3/t2*10-,11+,12+,13?,16?;11?,12-,13+,16?/m011/s1. The van der Waals surface area contributed by atoms with Gasteiger partial charge in [-0.25, -0.2) is 19.5 Å². The molecule has 26 heteroatoms. The molecule has 17 nitrogen and oxygen atoms in total. The van der Waals surface area contributed by atoms with Gasteiger partial charge in [0.15, 0.2) is 5.69 Å². The van der Waals surface area contributed by atoms with Crippen molar-refractivity contribution < 1.29 is 92.7 Å². The molecule has 3 aromatic rings. The number of nitrogens with zero attached hydrogens (tertiary/aromatic N) is 6. The number of hydrogen-bond donors (Lipinski definition) is 2. The van der Waals surface area contributed by atoms with Crippen molar-refractivity contribution in [1.29, 1.82) is 10.5 Å². The monoisotopic (exact) mass is 1080 g/mol. The second-order valence-corrected chi connectivity index (χ2v) is 20.5. The van der Waals surface area contributed by atoms with Crippen LogP contribution < -0.4 is 14.7 Å². The number of halogens is 9. The number of ether oxygens (including phenoxy) is 3. The van der Waals surface area contributed by atoms with Gasteiger partial charge in [-0.3, -0.25) is 28.8 Å². The first-order valence-corrected chi connectivity index (χ1v) is 23.4. The highest BCUT2D eigenvalue weighted by Gasteiger charge is 2.72. The summed E-state index contributed by atoms with van der Waals surface area (Å²) < 4.78 is 136. The fourth-order valence-electron chi connectivity index (χ4n) is 12.7. The Hall–Kier alpha value is -7.54. The van der Waals surface area contributed by atoms with Gasteiger partial charge in [0.2, 0.25) is 35.4 Å². The van der Waals surface area contributed by atoms with E-state index in [-0.39, 0.29) is 29.9 Å². The molecule has 6 bridgehead atoms. The summed E-state index contributed by atoms with van der Waals surface area (Å²) in [7, 11) is 0. The van der Waals surface area contributed by atoms with Crippen molar-refractivity contribution in [2.24, 2.45) is 35.5 Å². The number of benzene rings is 3. The number of aliphatic hydroxyl groups excluding tert-OH is 2. The smallest absolute Gasteiger partial charge is 0.390 e. The van der Waals surface area contributed by atoms with Crippen LogP contribution in [0.15, 0.2) is 66.7 Å². The van der Waals surface area contributed by atoms with Gasteiger partial charge < -0.3 is 24.4 Å². The number of fused-ring (bicyclic) bond motifs is 15. The molecule has 0 saturated carbocycles. The van der Waals surface area contributed by atoms with Gasteiger partial charge in [-0.15, -0.1) is 0 Å². The zero-order valence-corrected chi connectivity index (χ0v) is 39.8. The van der Waals surface area contributed by atoms with Crippen molar-refractivity contribution in [3.8, 4) is 12.1 Å². The maximum absolute atomic E-state index is 13.2. The summed E-state index contributed by atoms with van der Waals surface area (Å²) in [5, 5.41) is 37.8. The molecular weight excluding hydrogens is 1040 g/mol. The first kappa shape index (κ1) is 52.9. The van der Waals surface area contributed by atoms with Gasteiger partial charge in [-0.05, 0) is 69.3 Å². The fourth-order valence-corrected chi connectivity index (χ4v) is 12.7. The van der Waals surface area contributed by atoms with Gasteiger partial charge in [-0.1, -0.05) is 18.2 Å². The second kappa shape index (κ2) is 17.2. The normalized spacial score (nSPS) is 34.9. The van der Waals surface area contributed by atoms with Crippen LogP contribution in [0, 0.1) is 64.7 Å². The molecule has 0 spiro atoms. The molecule has 9 heterocycles. The van der Waals surface area contributed by atoms with E-state index in [0.29, 0.717) is 18.2 Å². The number of nitriles is 2. The summed E-state index contributed by atoms with van der Waals surface area (Å²) in [6.07, 6.45) is -14.6. The van der Waals surface area contributed by atoms with E-state index < -0.39 is 170 Å². The molecule has 0 aromatic heterocycles. The van der Waals surface area contributed by atoms with Gasteiger partial charge in [0.1, 0.15) is 0 Å². The van der Waals surface area contributed by atoms with Crippen LogP contribution in [0.1, 0.15) is 61.4 Å². The summed E-state index contributed by atoms with van der Waals surface area (Å²) >= 11 is 0. The first-order valence-electron chi connectivity index (χ1n) is 23.4. The zero-order valence-electron chi connectivity index (χ0n) is 39.8. The van der Waals surface area contributed by atoms with E-state index in [2.05, 4.69) is 4.85 Å². The number of carbonyl (C=O) groups excluding carboxylic acids is 6. The lowest BCUT2D eigenvalue weighted by Crippen LogP contribution is -2.42. The minimum Gasteiger partial charge on any atom is -0.390 e. The van der Waals surface area contributed by atoms with Gasteiger partial charge >= 0.3 is 18.5 Å².